The number of carboxylic acid groups (broad SMARTS) is 1. The quantitative estimate of drug-likeness (QED) is 0.533. The Morgan fingerprint density at radius 3 is 2.14 bits per heavy atom. The first-order chi connectivity index (χ1) is 14.1. The minimum absolute atomic E-state index is 0.0366. The van der Waals surface area contributed by atoms with Crippen LogP contribution in [0.25, 0.3) is 11.1 Å². The van der Waals surface area contributed by atoms with E-state index in [2.05, 4.69) is 36.5 Å². The highest BCUT2D eigenvalue weighted by atomic mass is 16.5. The minimum Gasteiger partial charge on any atom is -0.480 e. The molecule has 3 rings (SSSR count). The van der Waals surface area contributed by atoms with Crippen molar-refractivity contribution in [3.63, 3.8) is 0 Å². The molecule has 0 saturated carbocycles. The molecule has 0 aromatic heterocycles. The number of nitrogens with one attached hydrogen (secondary N) is 1. The molecule has 0 spiro atoms. The molecule has 5 heteroatoms. The first-order valence-electron chi connectivity index (χ1n) is 10.5. The summed E-state index contributed by atoms with van der Waals surface area (Å²) in [6, 6.07) is 15.3. The maximum Gasteiger partial charge on any atom is 0.407 e. The zero-order valence-corrected chi connectivity index (χ0v) is 16.9. The number of hydrogen-bond donors (Lipinski definition) is 2. The van der Waals surface area contributed by atoms with Crippen molar-refractivity contribution in [1.82, 2.24) is 5.32 Å². The van der Waals surface area contributed by atoms with Gasteiger partial charge in [-0.25, -0.2) is 9.59 Å². The van der Waals surface area contributed by atoms with Crippen LogP contribution < -0.4 is 5.32 Å². The van der Waals surface area contributed by atoms with Crippen LogP contribution in [0.5, 0.6) is 0 Å². The molecular formula is C24H29NO4. The second kappa shape index (κ2) is 10.1. The van der Waals surface area contributed by atoms with Crippen molar-refractivity contribution < 1.29 is 19.4 Å². The van der Waals surface area contributed by atoms with Gasteiger partial charge >= 0.3 is 12.1 Å². The van der Waals surface area contributed by atoms with Crippen molar-refractivity contribution in [2.75, 3.05) is 6.61 Å². The van der Waals surface area contributed by atoms with E-state index in [0.29, 0.717) is 6.42 Å². The van der Waals surface area contributed by atoms with E-state index in [0.717, 1.165) is 54.4 Å². The minimum atomic E-state index is -1.02. The lowest BCUT2D eigenvalue weighted by Crippen LogP contribution is -2.41. The molecule has 2 N–H and O–H groups in total. The number of hydrogen-bond acceptors (Lipinski definition) is 3. The van der Waals surface area contributed by atoms with E-state index in [1.165, 1.54) is 0 Å². The second-order valence-corrected chi connectivity index (χ2v) is 7.56. The second-order valence-electron chi connectivity index (χ2n) is 7.56. The largest absolute Gasteiger partial charge is 0.480 e. The van der Waals surface area contributed by atoms with Crippen LogP contribution in [0.15, 0.2) is 48.5 Å². The van der Waals surface area contributed by atoms with Crippen LogP contribution in [-0.4, -0.2) is 29.8 Å². The number of carbonyl (C=O) groups excluding carboxylic acids is 1. The van der Waals surface area contributed by atoms with Gasteiger partial charge in [0.15, 0.2) is 0 Å². The summed E-state index contributed by atoms with van der Waals surface area (Å²) in [5.74, 6) is -1.06. The number of benzene rings is 2. The summed E-state index contributed by atoms with van der Waals surface area (Å²) >= 11 is 0. The predicted molar refractivity (Wildman–Crippen MR) is 113 cm³/mol. The molecule has 0 radical (unpaired) electrons. The Morgan fingerprint density at radius 1 is 0.966 bits per heavy atom. The maximum atomic E-state index is 12.3. The summed E-state index contributed by atoms with van der Waals surface area (Å²) in [6.45, 7) is 2.32. The van der Waals surface area contributed by atoms with Gasteiger partial charge in [0.2, 0.25) is 0 Å². The van der Waals surface area contributed by atoms with Crippen LogP contribution in [0.1, 0.15) is 62.5 Å². The molecule has 1 aliphatic rings. The molecule has 0 heterocycles. The molecule has 29 heavy (non-hydrogen) atoms. The van der Waals surface area contributed by atoms with Crippen LogP contribution in [0.3, 0.4) is 0 Å². The van der Waals surface area contributed by atoms with Gasteiger partial charge in [-0.15, -0.1) is 0 Å². The Kier molecular flexibility index (Phi) is 7.28. The highest BCUT2D eigenvalue weighted by Crippen LogP contribution is 2.44. The van der Waals surface area contributed by atoms with Crippen LogP contribution in [0, 0.1) is 0 Å². The Bertz CT molecular complexity index is 803. The zero-order valence-electron chi connectivity index (χ0n) is 16.9. The highest BCUT2D eigenvalue weighted by Gasteiger charge is 2.29. The standard InChI is InChI=1S/C24H29NO4/c1-2-3-4-5-6-15-22(23(26)27)25-24(28)29-16-21-19-13-9-7-11-17(19)18-12-8-10-14-20(18)21/h7-14,21-22H,2-6,15-16H2,1H3,(H,25,28)(H,26,27). The van der Waals surface area contributed by atoms with Crippen LogP contribution in [-0.2, 0) is 9.53 Å². The van der Waals surface area contributed by atoms with Gasteiger partial charge in [-0.3, -0.25) is 0 Å². The van der Waals surface area contributed by atoms with Crippen molar-refractivity contribution >= 4 is 12.1 Å². The van der Waals surface area contributed by atoms with Crippen molar-refractivity contribution in [3.05, 3.63) is 59.7 Å². The van der Waals surface area contributed by atoms with Crippen LogP contribution in [0.4, 0.5) is 4.79 Å². The third-order valence-electron chi connectivity index (χ3n) is 5.53. The molecule has 1 atom stereocenters. The molecule has 5 nitrogen and oxygen atoms in total. The van der Waals surface area contributed by atoms with Crippen molar-refractivity contribution in [1.29, 1.82) is 0 Å². The van der Waals surface area contributed by atoms with E-state index in [9.17, 15) is 14.7 Å². The number of aliphatic carboxylic acids is 1. The van der Waals surface area contributed by atoms with Gasteiger partial charge in [-0.05, 0) is 28.7 Å². The fraction of sp³-hybridized carbons (Fsp3) is 0.417. The highest BCUT2D eigenvalue weighted by molar-refractivity contribution is 5.81. The monoisotopic (exact) mass is 395 g/mol. The Hall–Kier alpha value is -2.82. The molecule has 1 unspecified atom stereocenters. The van der Waals surface area contributed by atoms with E-state index in [1.807, 2.05) is 24.3 Å². The maximum absolute atomic E-state index is 12.3. The molecule has 154 valence electrons. The molecule has 0 aliphatic heterocycles. The van der Waals surface area contributed by atoms with E-state index in [-0.39, 0.29) is 12.5 Å². The molecule has 2 aromatic rings. The zero-order chi connectivity index (χ0) is 20.6. The first kappa shape index (κ1) is 20.9. The van der Waals surface area contributed by atoms with E-state index < -0.39 is 18.1 Å². The Labute approximate surface area is 172 Å². The Morgan fingerprint density at radius 2 is 1.55 bits per heavy atom. The van der Waals surface area contributed by atoms with Gasteiger partial charge in [-0.2, -0.15) is 0 Å². The van der Waals surface area contributed by atoms with Crippen LogP contribution >= 0.6 is 0 Å². The number of alkyl carbamates (subject to hydrolysis) is 1. The smallest absolute Gasteiger partial charge is 0.407 e. The normalized spacial score (nSPS) is 13.4. The number of unbranched alkanes of at least 4 members (excludes halogenated alkanes) is 4. The van der Waals surface area contributed by atoms with Crippen LogP contribution in [0.2, 0.25) is 0 Å². The predicted octanol–water partition coefficient (Wildman–Crippen LogP) is 5.34. The summed E-state index contributed by atoms with van der Waals surface area (Å²) in [6.07, 6.45) is 4.88. The van der Waals surface area contributed by atoms with E-state index >= 15 is 0 Å². The van der Waals surface area contributed by atoms with E-state index in [4.69, 9.17) is 4.74 Å². The van der Waals surface area contributed by atoms with Gasteiger partial charge in [0.25, 0.3) is 0 Å². The van der Waals surface area contributed by atoms with Crippen molar-refractivity contribution in [2.45, 2.75) is 57.4 Å². The summed E-state index contributed by atoms with van der Waals surface area (Å²) in [7, 11) is 0. The number of carbonyl (C=O) groups is 2. The fourth-order valence-electron chi connectivity index (χ4n) is 3.99. The van der Waals surface area contributed by atoms with Crippen molar-refractivity contribution in [3.8, 4) is 11.1 Å². The lowest BCUT2D eigenvalue weighted by molar-refractivity contribution is -0.139. The molecule has 1 aliphatic carbocycles. The van der Waals surface area contributed by atoms with Gasteiger partial charge in [0, 0.05) is 5.92 Å². The summed E-state index contributed by atoms with van der Waals surface area (Å²) in [4.78, 5) is 23.7. The number of ether oxygens (including phenoxy) is 1. The third-order valence-corrected chi connectivity index (χ3v) is 5.53. The van der Waals surface area contributed by atoms with Gasteiger partial charge in [0.1, 0.15) is 12.6 Å². The number of rotatable bonds is 10. The SMILES string of the molecule is CCCCCCCC(NC(=O)OCC1c2ccccc2-c2ccccc21)C(=O)O. The Balaban J connectivity index is 1.56. The van der Waals surface area contributed by atoms with Crippen molar-refractivity contribution in [2.24, 2.45) is 0 Å². The molecule has 1 amide bonds. The molecule has 0 bridgehead atoms. The number of amides is 1. The lowest BCUT2D eigenvalue weighted by Gasteiger charge is -2.17. The van der Waals surface area contributed by atoms with Gasteiger partial charge < -0.3 is 15.2 Å². The van der Waals surface area contributed by atoms with Gasteiger partial charge in [-0.1, -0.05) is 87.6 Å². The average molecular weight is 395 g/mol. The number of fused-ring (bicyclic) bond motifs is 3. The molecule has 2 aromatic carbocycles. The lowest BCUT2D eigenvalue weighted by atomic mass is 9.98. The molecular weight excluding hydrogens is 366 g/mol. The molecule has 0 saturated heterocycles. The molecule has 0 fully saturated rings. The summed E-state index contributed by atoms with van der Waals surface area (Å²) in [5, 5.41) is 11.9. The average Bonchev–Trinajstić information content (AvgIpc) is 3.05. The number of carboxylic acids is 1. The fourth-order valence-corrected chi connectivity index (χ4v) is 3.99. The third kappa shape index (κ3) is 5.17. The topological polar surface area (TPSA) is 75.6 Å². The first-order valence-corrected chi connectivity index (χ1v) is 10.5. The van der Waals surface area contributed by atoms with E-state index in [1.54, 1.807) is 0 Å². The van der Waals surface area contributed by atoms with Gasteiger partial charge in [0.05, 0.1) is 0 Å². The summed E-state index contributed by atoms with van der Waals surface area (Å²) in [5.41, 5.74) is 4.58. The summed E-state index contributed by atoms with van der Waals surface area (Å²) < 4.78 is 5.45.